The van der Waals surface area contributed by atoms with Gasteiger partial charge in [0.1, 0.15) is 5.41 Å². The molecule has 1 rings (SSSR count). The van der Waals surface area contributed by atoms with Crippen LogP contribution in [0.5, 0.6) is 0 Å². The minimum absolute atomic E-state index is 0.349. The van der Waals surface area contributed by atoms with Crippen molar-refractivity contribution in [2.24, 2.45) is 5.41 Å². The average Bonchev–Trinajstić information content (AvgIpc) is 2.36. The lowest BCUT2D eigenvalue weighted by Crippen LogP contribution is -2.62. The van der Waals surface area contributed by atoms with Crippen LogP contribution in [0.3, 0.4) is 0 Å². The van der Waals surface area contributed by atoms with Gasteiger partial charge in [0.05, 0.1) is 0 Å². The standard InChI is InChI=1S/C13H22N2O3/c1-4-6-8-13(9-7-5-2)10(16)14-12(18)15(3)11(13)17/h4-9H2,1-3H3,(H,14,16,18). The van der Waals surface area contributed by atoms with Crippen LogP contribution >= 0.6 is 0 Å². The summed E-state index contributed by atoms with van der Waals surface area (Å²) < 4.78 is 0. The van der Waals surface area contributed by atoms with Gasteiger partial charge in [-0.05, 0) is 12.8 Å². The molecule has 0 unspecified atom stereocenters. The summed E-state index contributed by atoms with van der Waals surface area (Å²) in [6, 6.07) is -0.617. The monoisotopic (exact) mass is 254 g/mol. The fraction of sp³-hybridized carbons (Fsp3) is 0.769. The molecule has 0 aromatic carbocycles. The molecular weight excluding hydrogens is 232 g/mol. The first-order valence-electron chi connectivity index (χ1n) is 6.63. The summed E-state index contributed by atoms with van der Waals surface area (Å²) in [6.45, 7) is 4.04. The lowest BCUT2D eigenvalue weighted by Gasteiger charge is -2.38. The summed E-state index contributed by atoms with van der Waals surface area (Å²) in [4.78, 5) is 36.9. The maximum atomic E-state index is 12.3. The maximum Gasteiger partial charge on any atom is 0.330 e. The Hall–Kier alpha value is -1.39. The van der Waals surface area contributed by atoms with Crippen molar-refractivity contribution in [1.82, 2.24) is 10.2 Å². The van der Waals surface area contributed by atoms with E-state index in [1.807, 2.05) is 13.8 Å². The number of barbiturate groups is 1. The highest BCUT2D eigenvalue weighted by Crippen LogP contribution is 2.35. The van der Waals surface area contributed by atoms with Crippen molar-refractivity contribution in [3.05, 3.63) is 0 Å². The molecule has 0 atom stereocenters. The molecule has 0 radical (unpaired) electrons. The summed E-state index contributed by atoms with van der Waals surface area (Å²) >= 11 is 0. The zero-order chi connectivity index (χ0) is 13.8. The van der Waals surface area contributed by atoms with Crippen molar-refractivity contribution in [3.8, 4) is 0 Å². The fourth-order valence-electron chi connectivity index (χ4n) is 2.33. The summed E-state index contributed by atoms with van der Waals surface area (Å²) in [5.41, 5.74) is -1.03. The van der Waals surface area contributed by atoms with Crippen molar-refractivity contribution in [3.63, 3.8) is 0 Å². The molecule has 0 bridgehead atoms. The van der Waals surface area contributed by atoms with E-state index < -0.39 is 17.4 Å². The molecule has 1 aliphatic rings. The van der Waals surface area contributed by atoms with Crippen LogP contribution in [0.2, 0.25) is 0 Å². The minimum atomic E-state index is -1.03. The van der Waals surface area contributed by atoms with Crippen LogP contribution in [0.25, 0.3) is 0 Å². The lowest BCUT2D eigenvalue weighted by atomic mass is 9.75. The van der Waals surface area contributed by atoms with Gasteiger partial charge in [0.15, 0.2) is 0 Å². The second-order valence-electron chi connectivity index (χ2n) is 4.91. The van der Waals surface area contributed by atoms with Gasteiger partial charge in [0.25, 0.3) is 0 Å². The van der Waals surface area contributed by atoms with Crippen LogP contribution in [0.4, 0.5) is 4.79 Å². The summed E-state index contributed by atoms with van der Waals surface area (Å²) in [6.07, 6.45) is 4.51. The molecule has 1 saturated heterocycles. The Morgan fingerprint density at radius 3 is 2.00 bits per heavy atom. The number of nitrogens with zero attached hydrogens (tertiary/aromatic N) is 1. The largest absolute Gasteiger partial charge is 0.330 e. The van der Waals surface area contributed by atoms with E-state index in [1.165, 1.54) is 7.05 Å². The number of carbonyl (C=O) groups excluding carboxylic acids is 3. The van der Waals surface area contributed by atoms with Gasteiger partial charge in [-0.3, -0.25) is 19.8 Å². The Morgan fingerprint density at radius 2 is 1.56 bits per heavy atom. The fourth-order valence-corrected chi connectivity index (χ4v) is 2.33. The second kappa shape index (κ2) is 5.98. The first-order chi connectivity index (χ1) is 8.49. The van der Waals surface area contributed by atoms with Crippen LogP contribution < -0.4 is 5.32 Å². The Kier molecular flexibility index (Phi) is 4.87. The van der Waals surface area contributed by atoms with Crippen LogP contribution in [0, 0.1) is 5.41 Å². The van der Waals surface area contributed by atoms with Gasteiger partial charge in [-0.2, -0.15) is 0 Å². The molecule has 1 N–H and O–H groups in total. The lowest BCUT2D eigenvalue weighted by molar-refractivity contribution is -0.152. The van der Waals surface area contributed by atoms with Gasteiger partial charge in [-0.15, -0.1) is 0 Å². The second-order valence-corrected chi connectivity index (χ2v) is 4.91. The molecule has 1 fully saturated rings. The Labute approximate surface area is 108 Å². The van der Waals surface area contributed by atoms with Gasteiger partial charge < -0.3 is 0 Å². The Morgan fingerprint density at radius 1 is 1.06 bits per heavy atom. The highest BCUT2D eigenvalue weighted by molar-refractivity contribution is 6.18. The quantitative estimate of drug-likeness (QED) is 0.738. The topological polar surface area (TPSA) is 66.5 Å². The van der Waals surface area contributed by atoms with E-state index in [2.05, 4.69) is 5.32 Å². The van der Waals surface area contributed by atoms with E-state index >= 15 is 0 Å². The maximum absolute atomic E-state index is 12.3. The third-order valence-corrected chi connectivity index (χ3v) is 3.59. The predicted molar refractivity (Wildman–Crippen MR) is 67.8 cm³/mol. The van der Waals surface area contributed by atoms with Gasteiger partial charge in [0, 0.05) is 7.05 Å². The number of unbranched alkanes of at least 4 members (excludes halogenated alkanes) is 2. The third kappa shape index (κ3) is 2.54. The van der Waals surface area contributed by atoms with Crippen molar-refractivity contribution in [2.75, 3.05) is 7.05 Å². The molecule has 4 amide bonds. The minimum Gasteiger partial charge on any atom is -0.277 e. The summed E-state index contributed by atoms with van der Waals surface area (Å²) in [5, 5.41) is 2.30. The van der Waals surface area contributed by atoms with Gasteiger partial charge in [-0.25, -0.2) is 4.79 Å². The van der Waals surface area contributed by atoms with E-state index in [-0.39, 0.29) is 5.91 Å². The van der Waals surface area contributed by atoms with E-state index in [0.717, 1.165) is 30.6 Å². The summed E-state index contributed by atoms with van der Waals surface area (Å²) in [7, 11) is 1.43. The van der Waals surface area contributed by atoms with Crippen molar-refractivity contribution in [2.45, 2.75) is 52.4 Å². The number of hydrogen-bond donors (Lipinski definition) is 1. The number of hydrogen-bond acceptors (Lipinski definition) is 3. The van der Waals surface area contributed by atoms with E-state index in [9.17, 15) is 14.4 Å². The molecule has 0 aliphatic carbocycles. The molecule has 18 heavy (non-hydrogen) atoms. The number of amides is 4. The van der Waals surface area contributed by atoms with Gasteiger partial charge in [-0.1, -0.05) is 39.5 Å². The molecule has 0 saturated carbocycles. The molecule has 1 heterocycles. The zero-order valence-corrected chi connectivity index (χ0v) is 11.4. The average molecular weight is 254 g/mol. The molecule has 1 aliphatic heterocycles. The molecule has 0 spiro atoms. The van der Waals surface area contributed by atoms with Crippen molar-refractivity contribution in [1.29, 1.82) is 0 Å². The van der Waals surface area contributed by atoms with Crippen LogP contribution in [0.1, 0.15) is 52.4 Å². The van der Waals surface area contributed by atoms with Crippen molar-refractivity contribution >= 4 is 17.8 Å². The first-order valence-corrected chi connectivity index (χ1v) is 6.63. The van der Waals surface area contributed by atoms with Crippen molar-refractivity contribution < 1.29 is 14.4 Å². The Bertz CT molecular complexity index is 344. The molecular formula is C13H22N2O3. The first kappa shape index (κ1) is 14.7. The number of urea groups is 1. The van der Waals surface area contributed by atoms with Crippen LogP contribution in [0.15, 0.2) is 0 Å². The van der Waals surface area contributed by atoms with Gasteiger partial charge in [0.2, 0.25) is 11.8 Å². The summed E-state index contributed by atoms with van der Waals surface area (Å²) in [5.74, 6) is -0.768. The molecule has 0 aromatic rings. The van der Waals surface area contributed by atoms with E-state index in [4.69, 9.17) is 0 Å². The van der Waals surface area contributed by atoms with Gasteiger partial charge >= 0.3 is 6.03 Å². The van der Waals surface area contributed by atoms with E-state index in [0.29, 0.717) is 12.8 Å². The van der Waals surface area contributed by atoms with Crippen LogP contribution in [-0.4, -0.2) is 29.8 Å². The van der Waals surface area contributed by atoms with E-state index in [1.54, 1.807) is 0 Å². The molecule has 102 valence electrons. The van der Waals surface area contributed by atoms with Crippen LogP contribution in [-0.2, 0) is 9.59 Å². The SMILES string of the molecule is CCCCC1(CCCC)C(=O)NC(=O)N(C)C1=O. The highest BCUT2D eigenvalue weighted by Gasteiger charge is 2.51. The highest BCUT2D eigenvalue weighted by atomic mass is 16.2. The molecule has 0 aromatic heterocycles. The third-order valence-electron chi connectivity index (χ3n) is 3.59. The normalized spacial score (nSPS) is 19.1. The number of imide groups is 2. The number of carbonyl (C=O) groups is 3. The smallest absolute Gasteiger partial charge is 0.277 e. The number of rotatable bonds is 6. The Balaban J connectivity index is 3.00. The zero-order valence-electron chi connectivity index (χ0n) is 11.4. The number of nitrogens with one attached hydrogen (secondary N) is 1. The molecule has 5 nitrogen and oxygen atoms in total. The predicted octanol–water partition coefficient (Wildman–Crippen LogP) is 2.06. The molecule has 5 heteroatoms.